The van der Waals surface area contributed by atoms with Gasteiger partial charge >= 0.3 is 12.1 Å². The zero-order valence-corrected chi connectivity index (χ0v) is 37.6. The van der Waals surface area contributed by atoms with Gasteiger partial charge in [0, 0.05) is 45.7 Å². The van der Waals surface area contributed by atoms with Crippen LogP contribution in [-0.2, 0) is 14.2 Å². The first-order chi connectivity index (χ1) is 27.4. The number of guanidine groups is 1. The molecule has 3 fully saturated rings. The number of rotatable bonds is 22. The van der Waals surface area contributed by atoms with E-state index in [2.05, 4.69) is 61.3 Å². The summed E-state index contributed by atoms with van der Waals surface area (Å²) in [7, 11) is 0. The smallest absolute Gasteiger partial charge is 0.407 e. The molecule has 4 aliphatic rings. The van der Waals surface area contributed by atoms with E-state index in [1.165, 1.54) is 56.9 Å². The molecule has 332 valence electrons. The highest BCUT2D eigenvalue weighted by Gasteiger charge is 2.59. The molecule has 0 aromatic heterocycles. The molecule has 0 aromatic carbocycles. The Morgan fingerprint density at radius 1 is 0.897 bits per heavy atom. The molecule has 0 spiro atoms. The van der Waals surface area contributed by atoms with Crippen LogP contribution in [0.4, 0.5) is 9.59 Å². The van der Waals surface area contributed by atoms with E-state index in [0.29, 0.717) is 63.4 Å². The molecule has 8 unspecified atom stereocenters. The molecule has 3 saturated carbocycles. The van der Waals surface area contributed by atoms with E-state index in [4.69, 9.17) is 31.4 Å². The van der Waals surface area contributed by atoms with Crippen molar-refractivity contribution in [2.75, 3.05) is 52.5 Å². The van der Waals surface area contributed by atoms with Crippen molar-refractivity contribution in [1.82, 2.24) is 15.5 Å². The standard InChI is InChI=1S/C45H82N8O5/c1-31(2)12-9-13-32(3)37-16-17-38-36-15-14-34-30-35(18-20-44(34,7)39(36)19-21-45(37,38)8)58-42(55)52-25-29-57-43(5,6)56-28-24-51-41(54)53(26-10-22-49-33(4)46)27-11-23-50-40(47)48/h14,31-32,35-39H,9-13,15-30H2,1-8H3,(H2,46,49)(H,51,54)(H,52,55)(H4,47,48,50). The number of alkyl carbamates (subject to hydrolysis) is 1. The molecule has 0 aromatic rings. The largest absolute Gasteiger partial charge is 0.446 e. The van der Waals surface area contributed by atoms with Gasteiger partial charge in [-0.2, -0.15) is 0 Å². The van der Waals surface area contributed by atoms with Gasteiger partial charge in [-0.15, -0.1) is 0 Å². The summed E-state index contributed by atoms with van der Waals surface area (Å²) in [5.74, 6) is 4.52. The van der Waals surface area contributed by atoms with Gasteiger partial charge in [-0.1, -0.05) is 65.5 Å². The molecule has 0 aliphatic heterocycles. The molecule has 0 saturated heterocycles. The minimum atomic E-state index is -0.908. The number of hydrogen-bond acceptors (Lipinski definition) is 7. The number of fused-ring (bicyclic) bond motifs is 5. The van der Waals surface area contributed by atoms with Gasteiger partial charge in [0.15, 0.2) is 11.7 Å². The summed E-state index contributed by atoms with van der Waals surface area (Å²) in [6, 6.07) is -0.202. The van der Waals surface area contributed by atoms with E-state index >= 15 is 0 Å². The Morgan fingerprint density at radius 2 is 1.57 bits per heavy atom. The van der Waals surface area contributed by atoms with Gasteiger partial charge in [0.2, 0.25) is 0 Å². The Kier molecular flexibility index (Phi) is 18.0. The first kappa shape index (κ1) is 47.6. The fourth-order valence-corrected chi connectivity index (χ4v) is 11.3. The number of carbonyl (C=O) groups is 2. The average Bonchev–Trinajstić information content (AvgIpc) is 3.51. The molecule has 4 rings (SSSR count). The first-order valence-electron chi connectivity index (χ1n) is 22.7. The molecule has 13 nitrogen and oxygen atoms in total. The zero-order chi connectivity index (χ0) is 42.5. The van der Waals surface area contributed by atoms with Crippen molar-refractivity contribution in [2.45, 2.75) is 151 Å². The predicted molar refractivity (Wildman–Crippen MR) is 234 cm³/mol. The maximum absolute atomic E-state index is 12.9. The fraction of sp³-hybridized carbons (Fsp3) is 0.867. The summed E-state index contributed by atoms with van der Waals surface area (Å²) < 4.78 is 17.8. The lowest BCUT2D eigenvalue weighted by molar-refractivity contribution is -0.211. The van der Waals surface area contributed by atoms with Crippen LogP contribution in [-0.4, -0.2) is 93.2 Å². The van der Waals surface area contributed by atoms with Gasteiger partial charge < -0.3 is 46.9 Å². The molecular weight excluding hydrogens is 733 g/mol. The highest BCUT2D eigenvalue weighted by atomic mass is 16.7. The van der Waals surface area contributed by atoms with Gasteiger partial charge in [-0.05, 0) is 125 Å². The van der Waals surface area contributed by atoms with Crippen LogP contribution in [0.2, 0.25) is 0 Å². The number of nitrogens with one attached hydrogen (secondary N) is 2. The van der Waals surface area contributed by atoms with Crippen molar-refractivity contribution < 1.29 is 23.8 Å². The molecule has 58 heavy (non-hydrogen) atoms. The molecule has 0 bridgehead atoms. The van der Waals surface area contributed by atoms with Crippen LogP contribution >= 0.6 is 0 Å². The van der Waals surface area contributed by atoms with E-state index < -0.39 is 11.9 Å². The van der Waals surface area contributed by atoms with Crippen molar-refractivity contribution in [3.8, 4) is 0 Å². The van der Waals surface area contributed by atoms with Crippen LogP contribution in [0.1, 0.15) is 139 Å². The monoisotopic (exact) mass is 815 g/mol. The van der Waals surface area contributed by atoms with Crippen LogP contribution in [0.25, 0.3) is 0 Å². The lowest BCUT2D eigenvalue weighted by Crippen LogP contribution is -2.51. The minimum absolute atomic E-state index is 0.0314. The minimum Gasteiger partial charge on any atom is -0.446 e. The van der Waals surface area contributed by atoms with Crippen LogP contribution in [0, 0.1) is 46.3 Å². The Labute approximate surface area is 350 Å². The summed E-state index contributed by atoms with van der Waals surface area (Å²) in [4.78, 5) is 35.7. The van der Waals surface area contributed by atoms with Gasteiger partial charge in [0.25, 0.3) is 0 Å². The number of hydrogen-bond donors (Lipinski definition) is 5. The summed E-state index contributed by atoms with van der Waals surface area (Å²) in [6.45, 7) is 20.9. The molecule has 3 amide bonds. The maximum Gasteiger partial charge on any atom is 0.407 e. The molecule has 8 atom stereocenters. The van der Waals surface area contributed by atoms with E-state index in [0.717, 1.165) is 54.8 Å². The van der Waals surface area contributed by atoms with Gasteiger partial charge in [-0.3, -0.25) is 9.98 Å². The number of ether oxygens (including phenoxy) is 3. The number of amidine groups is 1. The average molecular weight is 815 g/mol. The topological polar surface area (TPSA) is 192 Å². The third-order valence-corrected chi connectivity index (χ3v) is 14.3. The molecule has 8 N–H and O–H groups in total. The quantitative estimate of drug-likeness (QED) is 0.0247. The van der Waals surface area contributed by atoms with E-state index in [9.17, 15) is 9.59 Å². The van der Waals surface area contributed by atoms with Crippen molar-refractivity contribution in [2.24, 2.45) is 73.5 Å². The van der Waals surface area contributed by atoms with Crippen LogP contribution in [0.3, 0.4) is 0 Å². The Balaban J connectivity index is 1.14. The van der Waals surface area contributed by atoms with Gasteiger partial charge in [0.05, 0.1) is 19.0 Å². The lowest BCUT2D eigenvalue weighted by atomic mass is 9.47. The zero-order valence-electron chi connectivity index (χ0n) is 37.6. The number of urea groups is 1. The third kappa shape index (κ3) is 13.5. The number of aliphatic imine (C=N–C) groups is 2. The van der Waals surface area contributed by atoms with Crippen LogP contribution in [0.5, 0.6) is 0 Å². The Bertz CT molecular complexity index is 1390. The molecule has 13 heteroatoms. The van der Waals surface area contributed by atoms with E-state index in [-0.39, 0.29) is 36.7 Å². The highest BCUT2D eigenvalue weighted by Crippen LogP contribution is 2.67. The van der Waals surface area contributed by atoms with E-state index in [1.807, 2.05) is 13.8 Å². The molecule has 4 aliphatic carbocycles. The summed E-state index contributed by atoms with van der Waals surface area (Å²) in [5.41, 5.74) is 18.7. The summed E-state index contributed by atoms with van der Waals surface area (Å²) in [6.07, 6.45) is 17.1. The second-order valence-corrected chi connectivity index (χ2v) is 19.3. The molecule has 0 radical (unpaired) electrons. The summed E-state index contributed by atoms with van der Waals surface area (Å²) >= 11 is 0. The van der Waals surface area contributed by atoms with Crippen molar-refractivity contribution in [3.63, 3.8) is 0 Å². The summed E-state index contributed by atoms with van der Waals surface area (Å²) in [5, 5.41) is 5.79. The Hall–Kier alpha value is -3.06. The predicted octanol–water partition coefficient (Wildman–Crippen LogP) is 7.33. The number of nitrogens with zero attached hydrogens (tertiary/aromatic N) is 3. The molecular formula is C45H82N8O5. The number of amides is 3. The normalized spacial score (nSPS) is 28.7. The number of nitrogens with two attached hydrogens (primary N) is 3. The van der Waals surface area contributed by atoms with Crippen LogP contribution in [0.15, 0.2) is 21.6 Å². The van der Waals surface area contributed by atoms with Crippen molar-refractivity contribution >= 4 is 23.9 Å². The fourth-order valence-electron chi connectivity index (χ4n) is 11.3. The van der Waals surface area contributed by atoms with Crippen LogP contribution < -0.4 is 27.8 Å². The van der Waals surface area contributed by atoms with Crippen molar-refractivity contribution in [1.29, 1.82) is 0 Å². The molecule has 0 heterocycles. The SMILES string of the molecule is CC(N)=NCCCN(CCCN=C(N)N)C(=O)NCCOC(C)(C)OCCNC(=O)OC1CCC2(C)C(=CCC3C2CCC2(C)C(C(C)CCCC(C)C)CCC32)C1. The van der Waals surface area contributed by atoms with Gasteiger partial charge in [-0.25, -0.2) is 9.59 Å². The highest BCUT2D eigenvalue weighted by molar-refractivity contribution is 5.77. The van der Waals surface area contributed by atoms with Crippen molar-refractivity contribution in [3.05, 3.63) is 11.6 Å². The maximum atomic E-state index is 12.9. The lowest BCUT2D eigenvalue weighted by Gasteiger charge is -2.58. The van der Waals surface area contributed by atoms with E-state index in [1.54, 1.807) is 11.8 Å². The first-order valence-corrected chi connectivity index (χ1v) is 22.7. The van der Waals surface area contributed by atoms with Gasteiger partial charge in [0.1, 0.15) is 6.10 Å². The number of carbonyl (C=O) groups excluding carboxylic acids is 2. The Morgan fingerprint density at radius 3 is 2.22 bits per heavy atom. The second kappa shape index (κ2) is 22.0. The third-order valence-electron chi connectivity index (χ3n) is 14.3. The number of allylic oxidation sites excluding steroid dienone is 1. The second-order valence-electron chi connectivity index (χ2n) is 19.3.